The molecule has 0 N–H and O–H groups in total. The van der Waals surface area contributed by atoms with E-state index in [1.807, 2.05) is 18.2 Å². The molecule has 3 heterocycles. The molecule has 3 aromatic heterocycles. The Kier molecular flexibility index (Phi) is 7.91. The van der Waals surface area contributed by atoms with Crippen molar-refractivity contribution in [1.82, 2.24) is 24.1 Å². The molecule has 0 unspecified atom stereocenters. The average Bonchev–Trinajstić information content (AvgIpc) is 3.88. The highest BCUT2D eigenvalue weighted by atomic mass is 15.1. The lowest BCUT2D eigenvalue weighted by Gasteiger charge is -2.15. The summed E-state index contributed by atoms with van der Waals surface area (Å²) < 4.78 is 4.84. The Bertz CT molecular complexity index is 4290. The summed E-state index contributed by atoms with van der Waals surface area (Å²) in [7, 11) is 0. The van der Waals surface area contributed by atoms with Crippen molar-refractivity contribution in [3.8, 4) is 45.5 Å². The Morgan fingerprint density at radius 3 is 1.56 bits per heavy atom. The van der Waals surface area contributed by atoms with Crippen LogP contribution in [0, 0.1) is 0 Å². The Hall–Kier alpha value is -8.93. The van der Waals surface area contributed by atoms with E-state index in [-0.39, 0.29) is 0 Å². The van der Waals surface area contributed by atoms with Gasteiger partial charge in [0.15, 0.2) is 17.5 Å². The number of benzene rings is 11. The molecule has 0 aliphatic rings. The highest BCUT2D eigenvalue weighted by Gasteiger charge is 2.22. The molecule has 5 heteroatoms. The van der Waals surface area contributed by atoms with Crippen LogP contribution in [0.25, 0.3) is 132 Å². The van der Waals surface area contributed by atoms with Gasteiger partial charge < -0.3 is 9.13 Å². The average molecular weight is 840 g/mol. The van der Waals surface area contributed by atoms with Crippen molar-refractivity contribution < 1.29 is 0 Å². The molecule has 0 saturated heterocycles. The first-order chi connectivity index (χ1) is 32.7. The summed E-state index contributed by atoms with van der Waals surface area (Å²) in [5, 5.41) is 14.5. The molecule has 0 aliphatic carbocycles. The largest absolute Gasteiger partial charge is 0.309 e. The maximum Gasteiger partial charge on any atom is 0.166 e. The molecule has 14 rings (SSSR count). The zero-order valence-corrected chi connectivity index (χ0v) is 35.6. The van der Waals surface area contributed by atoms with Crippen LogP contribution in [0.1, 0.15) is 0 Å². The van der Waals surface area contributed by atoms with Crippen molar-refractivity contribution in [2.45, 2.75) is 0 Å². The number of rotatable bonds is 5. The van der Waals surface area contributed by atoms with Gasteiger partial charge in [0.1, 0.15) is 0 Å². The Morgan fingerprint density at radius 1 is 0.258 bits per heavy atom. The summed E-state index contributed by atoms with van der Waals surface area (Å²) in [5.74, 6) is 1.86. The van der Waals surface area contributed by atoms with Crippen molar-refractivity contribution in [3.63, 3.8) is 0 Å². The second kappa shape index (κ2) is 14.3. The molecular formula is C61H37N5. The maximum atomic E-state index is 5.34. The van der Waals surface area contributed by atoms with Gasteiger partial charge in [-0.15, -0.1) is 0 Å². The minimum absolute atomic E-state index is 0.609. The van der Waals surface area contributed by atoms with Gasteiger partial charge in [-0.3, -0.25) is 0 Å². The van der Waals surface area contributed by atoms with Gasteiger partial charge in [0.25, 0.3) is 0 Å². The molecule has 0 amide bonds. The van der Waals surface area contributed by atoms with Crippen LogP contribution in [0.4, 0.5) is 0 Å². The fourth-order valence-corrected chi connectivity index (χ4v) is 10.4. The first kappa shape index (κ1) is 36.5. The van der Waals surface area contributed by atoms with Crippen molar-refractivity contribution in [3.05, 3.63) is 224 Å². The molecular weight excluding hydrogens is 803 g/mol. The number of nitrogens with zero attached hydrogens (tertiary/aromatic N) is 5. The predicted octanol–water partition coefficient (Wildman–Crippen LogP) is 15.7. The van der Waals surface area contributed by atoms with Gasteiger partial charge in [0.05, 0.1) is 27.8 Å². The molecule has 0 saturated carbocycles. The van der Waals surface area contributed by atoms with E-state index in [0.717, 1.165) is 44.5 Å². The topological polar surface area (TPSA) is 48.5 Å². The van der Waals surface area contributed by atoms with Crippen molar-refractivity contribution in [2.75, 3.05) is 0 Å². The molecule has 14 aromatic rings. The van der Waals surface area contributed by atoms with E-state index in [9.17, 15) is 0 Å². The number of fused-ring (bicyclic) bond motifs is 11. The quantitative estimate of drug-likeness (QED) is 0.162. The standard InChI is InChI=1S/C61H37N5/c1-2-15-39(16-3-1)59-62-60(45-28-30-48-44(32-45)27-26-38-14-8-9-21-47(38)48)64-61(63-59)50-23-11-13-25-55(50)66-56-31-29-46(37-53(56)52-34-41-18-5-7-20-43(41)36-58(52)66)65-54-24-12-10-22-49(54)51-33-40-17-4-6-19-42(40)35-57(51)65/h1-37H. The fourth-order valence-electron chi connectivity index (χ4n) is 10.4. The lowest BCUT2D eigenvalue weighted by molar-refractivity contribution is 1.06. The summed E-state index contributed by atoms with van der Waals surface area (Å²) in [4.78, 5) is 15.8. The summed E-state index contributed by atoms with van der Waals surface area (Å²) in [6.07, 6.45) is 0. The molecule has 0 spiro atoms. The Labute approximate surface area is 379 Å². The molecule has 66 heavy (non-hydrogen) atoms. The zero-order valence-electron chi connectivity index (χ0n) is 35.6. The van der Waals surface area contributed by atoms with E-state index in [1.165, 1.54) is 70.3 Å². The molecule has 306 valence electrons. The van der Waals surface area contributed by atoms with Crippen LogP contribution in [0.5, 0.6) is 0 Å². The highest BCUT2D eigenvalue weighted by molar-refractivity contribution is 6.17. The van der Waals surface area contributed by atoms with Gasteiger partial charge >= 0.3 is 0 Å². The molecule has 0 bridgehead atoms. The monoisotopic (exact) mass is 839 g/mol. The first-order valence-electron chi connectivity index (χ1n) is 22.4. The zero-order chi connectivity index (χ0) is 43.3. The Balaban J connectivity index is 1.01. The predicted molar refractivity (Wildman–Crippen MR) is 275 cm³/mol. The second-order valence-electron chi connectivity index (χ2n) is 17.2. The number of hydrogen-bond acceptors (Lipinski definition) is 3. The third-order valence-corrected chi connectivity index (χ3v) is 13.5. The SMILES string of the molecule is c1ccc(-c2nc(-c3ccc4c(ccc5ccccc54)c3)nc(-c3ccccc3-n3c4ccc(-n5c6ccccc6c6cc7ccccc7cc65)cc4c4cc5ccccc5cc43)n2)cc1. The highest BCUT2D eigenvalue weighted by Crippen LogP contribution is 2.41. The first-order valence-corrected chi connectivity index (χ1v) is 22.4. The van der Waals surface area contributed by atoms with Crippen LogP contribution < -0.4 is 0 Å². The van der Waals surface area contributed by atoms with Gasteiger partial charge in [-0.25, -0.2) is 15.0 Å². The van der Waals surface area contributed by atoms with Crippen LogP contribution in [0.3, 0.4) is 0 Å². The number of hydrogen-bond donors (Lipinski definition) is 0. The third kappa shape index (κ3) is 5.63. The number of para-hydroxylation sites is 2. The van der Waals surface area contributed by atoms with Gasteiger partial charge in [-0.05, 0) is 110 Å². The minimum atomic E-state index is 0.609. The normalized spacial score (nSPS) is 11.9. The summed E-state index contributed by atoms with van der Waals surface area (Å²) in [6, 6.07) is 80.6. The van der Waals surface area contributed by atoms with E-state index in [0.29, 0.717) is 17.5 Å². The van der Waals surface area contributed by atoms with E-state index >= 15 is 0 Å². The lowest BCUT2D eigenvalue weighted by Crippen LogP contribution is -2.03. The summed E-state index contributed by atoms with van der Waals surface area (Å²) >= 11 is 0. The van der Waals surface area contributed by atoms with Gasteiger partial charge in [-0.2, -0.15) is 0 Å². The number of aromatic nitrogens is 5. The van der Waals surface area contributed by atoms with Crippen LogP contribution in [0.15, 0.2) is 224 Å². The summed E-state index contributed by atoms with van der Waals surface area (Å²) in [5.41, 5.74) is 9.46. The van der Waals surface area contributed by atoms with Crippen molar-refractivity contribution >= 4 is 86.7 Å². The minimum Gasteiger partial charge on any atom is -0.309 e. The van der Waals surface area contributed by atoms with Crippen LogP contribution in [0.2, 0.25) is 0 Å². The summed E-state index contributed by atoms with van der Waals surface area (Å²) in [6.45, 7) is 0. The smallest absolute Gasteiger partial charge is 0.166 e. The van der Waals surface area contributed by atoms with E-state index in [1.54, 1.807) is 0 Å². The van der Waals surface area contributed by atoms with Gasteiger partial charge in [-0.1, -0.05) is 158 Å². The molecule has 5 nitrogen and oxygen atoms in total. The molecule has 0 aliphatic heterocycles. The van der Waals surface area contributed by atoms with E-state index < -0.39 is 0 Å². The fraction of sp³-hybridized carbons (Fsp3) is 0. The van der Waals surface area contributed by atoms with E-state index in [4.69, 9.17) is 15.0 Å². The van der Waals surface area contributed by atoms with Crippen molar-refractivity contribution in [1.29, 1.82) is 0 Å². The van der Waals surface area contributed by atoms with Crippen LogP contribution >= 0.6 is 0 Å². The lowest BCUT2D eigenvalue weighted by atomic mass is 10.00. The molecule has 0 fully saturated rings. The van der Waals surface area contributed by atoms with E-state index in [2.05, 4.69) is 215 Å². The van der Waals surface area contributed by atoms with Gasteiger partial charge in [0.2, 0.25) is 0 Å². The van der Waals surface area contributed by atoms with Gasteiger partial charge in [0, 0.05) is 43.9 Å². The maximum absolute atomic E-state index is 5.34. The van der Waals surface area contributed by atoms with Crippen LogP contribution in [-0.2, 0) is 0 Å². The molecule has 11 aromatic carbocycles. The Morgan fingerprint density at radius 2 is 0.788 bits per heavy atom. The second-order valence-corrected chi connectivity index (χ2v) is 17.2. The third-order valence-electron chi connectivity index (χ3n) is 13.5. The van der Waals surface area contributed by atoms with Crippen molar-refractivity contribution in [2.24, 2.45) is 0 Å². The van der Waals surface area contributed by atoms with Crippen LogP contribution in [-0.4, -0.2) is 24.1 Å². The molecule has 0 radical (unpaired) electrons. The molecule has 0 atom stereocenters.